The molecule has 0 atom stereocenters. The first-order valence-electron chi connectivity index (χ1n) is 6.25. The van der Waals surface area contributed by atoms with Crippen LogP contribution in [0.4, 0.5) is 5.69 Å². The number of hydrogen-bond acceptors (Lipinski definition) is 3. The van der Waals surface area contributed by atoms with E-state index in [0.717, 1.165) is 5.56 Å². The Morgan fingerprint density at radius 3 is 2.60 bits per heavy atom. The van der Waals surface area contributed by atoms with Gasteiger partial charge in [-0.3, -0.25) is 4.79 Å². The summed E-state index contributed by atoms with van der Waals surface area (Å²) in [5.41, 5.74) is 1.85. The van der Waals surface area contributed by atoms with Crippen LogP contribution in [0, 0.1) is 6.92 Å². The van der Waals surface area contributed by atoms with Gasteiger partial charge >= 0.3 is 0 Å². The second kappa shape index (κ2) is 5.65. The number of carbonyl (C=O) groups is 1. The Hall–Kier alpha value is -2.49. The summed E-state index contributed by atoms with van der Waals surface area (Å²) in [4.78, 5) is 14.0. The van der Waals surface area contributed by atoms with Gasteiger partial charge in [0.15, 0.2) is 0 Å². The standard InChI is InChI=1S/C16H17NO3/c1-11-8-9-14(18)12(10-11)16(19)17(2)13-6-4-5-7-15(13)20-3/h4-10,18H,1-3H3. The number of aromatic hydroxyl groups is 1. The van der Waals surface area contributed by atoms with Crippen LogP contribution in [0.15, 0.2) is 42.5 Å². The maximum absolute atomic E-state index is 12.5. The topological polar surface area (TPSA) is 49.8 Å². The molecule has 0 fully saturated rings. The fourth-order valence-corrected chi connectivity index (χ4v) is 2.02. The Labute approximate surface area is 118 Å². The van der Waals surface area contributed by atoms with Crippen molar-refractivity contribution in [3.63, 3.8) is 0 Å². The molecule has 0 aromatic heterocycles. The molecule has 0 saturated heterocycles. The molecule has 0 aliphatic carbocycles. The largest absolute Gasteiger partial charge is 0.507 e. The molecule has 0 spiro atoms. The summed E-state index contributed by atoms with van der Waals surface area (Å²) in [6, 6.07) is 12.2. The van der Waals surface area contributed by atoms with Crippen LogP contribution in [0.3, 0.4) is 0 Å². The number of phenolic OH excluding ortho intramolecular Hbond substituents is 1. The molecule has 0 unspecified atom stereocenters. The fraction of sp³-hybridized carbons (Fsp3) is 0.188. The number of aryl methyl sites for hydroxylation is 1. The first kappa shape index (κ1) is 13.9. The molecule has 1 N–H and O–H groups in total. The van der Waals surface area contributed by atoms with Gasteiger partial charge in [-0.25, -0.2) is 0 Å². The van der Waals surface area contributed by atoms with Crippen LogP contribution in [0.25, 0.3) is 0 Å². The van der Waals surface area contributed by atoms with E-state index in [9.17, 15) is 9.90 Å². The van der Waals surface area contributed by atoms with Crippen molar-refractivity contribution in [1.82, 2.24) is 0 Å². The lowest BCUT2D eigenvalue weighted by Gasteiger charge is -2.20. The first-order valence-corrected chi connectivity index (χ1v) is 6.25. The number of anilines is 1. The van der Waals surface area contributed by atoms with E-state index in [2.05, 4.69) is 0 Å². The molecule has 20 heavy (non-hydrogen) atoms. The number of nitrogens with zero attached hydrogens (tertiary/aromatic N) is 1. The minimum absolute atomic E-state index is 0.0256. The van der Waals surface area contributed by atoms with Crippen LogP contribution in [0.1, 0.15) is 15.9 Å². The number of rotatable bonds is 3. The van der Waals surface area contributed by atoms with Gasteiger partial charge in [0.05, 0.1) is 18.4 Å². The van der Waals surface area contributed by atoms with Crippen LogP contribution in [0.5, 0.6) is 11.5 Å². The summed E-state index contributed by atoms with van der Waals surface area (Å²) in [5.74, 6) is 0.300. The van der Waals surface area contributed by atoms with Gasteiger partial charge in [-0.1, -0.05) is 23.8 Å². The number of para-hydroxylation sites is 2. The van der Waals surface area contributed by atoms with Crippen molar-refractivity contribution in [2.75, 3.05) is 19.1 Å². The summed E-state index contributed by atoms with van der Waals surface area (Å²) in [7, 11) is 3.21. The highest BCUT2D eigenvalue weighted by Crippen LogP contribution is 2.29. The Morgan fingerprint density at radius 1 is 1.20 bits per heavy atom. The lowest BCUT2D eigenvalue weighted by Crippen LogP contribution is -2.26. The molecule has 0 aliphatic rings. The second-order valence-corrected chi connectivity index (χ2v) is 4.56. The number of methoxy groups -OCH3 is 1. The summed E-state index contributed by atoms with van der Waals surface area (Å²) in [5, 5.41) is 9.85. The summed E-state index contributed by atoms with van der Waals surface area (Å²) < 4.78 is 5.25. The smallest absolute Gasteiger partial charge is 0.261 e. The van der Waals surface area contributed by atoms with Gasteiger partial charge in [-0.05, 0) is 31.2 Å². The second-order valence-electron chi connectivity index (χ2n) is 4.56. The first-order chi connectivity index (χ1) is 9.54. The molecule has 0 bridgehead atoms. The number of carbonyl (C=O) groups excluding carboxylic acids is 1. The maximum Gasteiger partial charge on any atom is 0.261 e. The van der Waals surface area contributed by atoms with Crippen LogP contribution >= 0.6 is 0 Å². The average Bonchev–Trinajstić information content (AvgIpc) is 2.48. The molecule has 104 valence electrons. The van der Waals surface area contributed by atoms with Crippen molar-refractivity contribution in [2.24, 2.45) is 0 Å². The molecular formula is C16H17NO3. The third kappa shape index (κ3) is 2.59. The van der Waals surface area contributed by atoms with E-state index in [4.69, 9.17) is 4.74 Å². The Kier molecular flexibility index (Phi) is 3.94. The number of benzene rings is 2. The predicted molar refractivity (Wildman–Crippen MR) is 78.6 cm³/mol. The maximum atomic E-state index is 12.5. The Balaban J connectivity index is 2.40. The number of hydrogen-bond donors (Lipinski definition) is 1. The molecule has 0 radical (unpaired) electrons. The fourth-order valence-electron chi connectivity index (χ4n) is 2.02. The zero-order valence-corrected chi connectivity index (χ0v) is 11.8. The number of ether oxygens (including phenoxy) is 1. The Morgan fingerprint density at radius 2 is 1.90 bits per heavy atom. The van der Waals surface area contributed by atoms with Gasteiger partial charge in [0.2, 0.25) is 0 Å². The van der Waals surface area contributed by atoms with Gasteiger partial charge in [-0.15, -0.1) is 0 Å². The molecule has 2 rings (SSSR count). The van der Waals surface area contributed by atoms with E-state index in [-0.39, 0.29) is 17.2 Å². The summed E-state index contributed by atoms with van der Waals surface area (Å²) >= 11 is 0. The summed E-state index contributed by atoms with van der Waals surface area (Å²) in [6.07, 6.45) is 0. The average molecular weight is 271 g/mol. The van der Waals surface area contributed by atoms with E-state index in [0.29, 0.717) is 11.4 Å². The minimum Gasteiger partial charge on any atom is -0.507 e. The van der Waals surface area contributed by atoms with E-state index in [1.54, 1.807) is 38.4 Å². The molecule has 1 amide bonds. The van der Waals surface area contributed by atoms with Crippen molar-refractivity contribution in [2.45, 2.75) is 6.92 Å². The van der Waals surface area contributed by atoms with E-state index in [1.165, 1.54) is 11.0 Å². The lowest BCUT2D eigenvalue weighted by molar-refractivity contribution is 0.0989. The molecule has 0 heterocycles. The zero-order chi connectivity index (χ0) is 14.7. The van der Waals surface area contributed by atoms with Crippen molar-refractivity contribution in [3.8, 4) is 11.5 Å². The molecular weight excluding hydrogens is 254 g/mol. The normalized spacial score (nSPS) is 10.2. The van der Waals surface area contributed by atoms with Gasteiger partial charge in [0, 0.05) is 7.05 Å². The van der Waals surface area contributed by atoms with Gasteiger partial charge in [0.25, 0.3) is 5.91 Å². The van der Waals surface area contributed by atoms with Gasteiger partial charge in [-0.2, -0.15) is 0 Å². The third-order valence-electron chi connectivity index (χ3n) is 3.13. The van der Waals surface area contributed by atoms with Crippen molar-refractivity contribution < 1.29 is 14.6 Å². The van der Waals surface area contributed by atoms with Crippen LogP contribution in [-0.4, -0.2) is 25.2 Å². The highest BCUT2D eigenvalue weighted by Gasteiger charge is 2.19. The summed E-state index contributed by atoms with van der Waals surface area (Å²) in [6.45, 7) is 1.87. The van der Waals surface area contributed by atoms with Crippen molar-refractivity contribution in [3.05, 3.63) is 53.6 Å². The highest BCUT2D eigenvalue weighted by atomic mass is 16.5. The lowest BCUT2D eigenvalue weighted by atomic mass is 10.1. The molecule has 2 aromatic carbocycles. The monoisotopic (exact) mass is 271 g/mol. The minimum atomic E-state index is -0.282. The van der Waals surface area contributed by atoms with Crippen molar-refractivity contribution >= 4 is 11.6 Å². The van der Waals surface area contributed by atoms with E-state index >= 15 is 0 Å². The van der Waals surface area contributed by atoms with Gasteiger partial charge in [0.1, 0.15) is 11.5 Å². The van der Waals surface area contributed by atoms with Crippen LogP contribution in [0.2, 0.25) is 0 Å². The predicted octanol–water partition coefficient (Wildman–Crippen LogP) is 2.99. The quantitative estimate of drug-likeness (QED) is 0.933. The third-order valence-corrected chi connectivity index (χ3v) is 3.13. The number of amides is 1. The molecule has 4 heteroatoms. The van der Waals surface area contributed by atoms with Gasteiger partial charge < -0.3 is 14.7 Å². The molecule has 0 aliphatic heterocycles. The molecule has 4 nitrogen and oxygen atoms in total. The Bertz CT molecular complexity index is 637. The van der Waals surface area contributed by atoms with Crippen LogP contribution < -0.4 is 9.64 Å². The van der Waals surface area contributed by atoms with Crippen LogP contribution in [-0.2, 0) is 0 Å². The van der Waals surface area contributed by atoms with E-state index in [1.807, 2.05) is 19.1 Å². The SMILES string of the molecule is COc1ccccc1N(C)C(=O)c1cc(C)ccc1O. The zero-order valence-electron chi connectivity index (χ0n) is 11.8. The number of phenols is 1. The molecule has 2 aromatic rings. The van der Waals surface area contributed by atoms with Crippen molar-refractivity contribution in [1.29, 1.82) is 0 Å². The van der Waals surface area contributed by atoms with E-state index < -0.39 is 0 Å². The highest BCUT2D eigenvalue weighted by molar-refractivity contribution is 6.08. The molecule has 0 saturated carbocycles.